The van der Waals surface area contributed by atoms with E-state index in [9.17, 15) is 14.3 Å². The molecule has 3 aromatic rings. The molecule has 0 aliphatic heterocycles. The zero-order chi connectivity index (χ0) is 26.1. The van der Waals surface area contributed by atoms with Crippen LogP contribution in [0.15, 0.2) is 66.4 Å². The van der Waals surface area contributed by atoms with Gasteiger partial charge >= 0.3 is 5.97 Å². The molecule has 0 bridgehead atoms. The number of rotatable bonds is 9. The highest BCUT2D eigenvalue weighted by atomic mass is 19.1. The quantitative estimate of drug-likeness (QED) is 0.355. The van der Waals surface area contributed by atoms with Gasteiger partial charge in [-0.3, -0.25) is 4.79 Å². The zero-order valence-electron chi connectivity index (χ0n) is 21.7. The van der Waals surface area contributed by atoms with Crippen LogP contribution in [0.3, 0.4) is 0 Å². The lowest BCUT2D eigenvalue weighted by Crippen LogP contribution is -2.39. The Morgan fingerprint density at radius 3 is 2.47 bits per heavy atom. The van der Waals surface area contributed by atoms with E-state index >= 15 is 0 Å². The molecule has 6 heteroatoms. The maximum Gasteiger partial charge on any atom is 0.309 e. The predicted molar refractivity (Wildman–Crippen MR) is 139 cm³/mol. The second-order valence-electron chi connectivity index (χ2n) is 10.6. The fourth-order valence-corrected chi connectivity index (χ4v) is 5.28. The second-order valence-corrected chi connectivity index (χ2v) is 10.6. The fraction of sp³-hybridized carbons (Fsp3) is 0.400. The number of ether oxygens (including phenoxy) is 1. The van der Waals surface area contributed by atoms with Crippen molar-refractivity contribution >= 4 is 12.0 Å². The Labute approximate surface area is 212 Å². The van der Waals surface area contributed by atoms with Crippen molar-refractivity contribution in [3.8, 4) is 5.69 Å². The average Bonchev–Trinajstić information content (AvgIpc) is 3.25. The van der Waals surface area contributed by atoms with Crippen molar-refractivity contribution in [1.82, 2.24) is 9.78 Å². The van der Waals surface area contributed by atoms with Crippen LogP contribution in [0.2, 0.25) is 0 Å². The standard InChI is InChI=1S/C30H35FN2O3/c1-6-36-27(21-10-8-7-9-11-21)18-30(5)17-22-19-32-33(24-14-12-23(31)13-15-24)26(22)16-25(30)20(2)29(3,4)28(34)35/h7-16,19-20,27H,6,17-18H2,1-5H3,(H,34,35)/t20?,27?,30-/m1/s1. The summed E-state index contributed by atoms with van der Waals surface area (Å²) in [6, 6.07) is 16.4. The Hall–Kier alpha value is -3.25. The molecule has 1 aliphatic rings. The van der Waals surface area contributed by atoms with Crippen molar-refractivity contribution in [3.63, 3.8) is 0 Å². The highest BCUT2D eigenvalue weighted by Gasteiger charge is 2.45. The van der Waals surface area contributed by atoms with Crippen molar-refractivity contribution < 1.29 is 19.0 Å². The first kappa shape index (κ1) is 25.8. The first-order valence-corrected chi connectivity index (χ1v) is 12.5. The van der Waals surface area contributed by atoms with Crippen molar-refractivity contribution in [3.05, 3.63) is 89.0 Å². The number of carbonyl (C=O) groups is 1. The number of carboxylic acids is 1. The lowest BCUT2D eigenvalue weighted by atomic mass is 9.61. The van der Waals surface area contributed by atoms with E-state index in [1.807, 2.05) is 42.9 Å². The molecule has 0 radical (unpaired) electrons. The van der Waals surface area contributed by atoms with Gasteiger partial charge in [-0.1, -0.05) is 49.8 Å². The summed E-state index contributed by atoms with van der Waals surface area (Å²) in [5, 5.41) is 14.7. The van der Waals surface area contributed by atoms with E-state index < -0.39 is 11.4 Å². The van der Waals surface area contributed by atoms with Crippen LogP contribution in [0.5, 0.6) is 0 Å². The van der Waals surface area contributed by atoms with E-state index in [1.54, 1.807) is 26.0 Å². The number of benzene rings is 2. The fourth-order valence-electron chi connectivity index (χ4n) is 5.28. The monoisotopic (exact) mass is 490 g/mol. The van der Waals surface area contributed by atoms with Gasteiger partial charge < -0.3 is 9.84 Å². The molecule has 36 heavy (non-hydrogen) atoms. The average molecular weight is 491 g/mol. The molecule has 1 N–H and O–H groups in total. The first-order valence-electron chi connectivity index (χ1n) is 12.5. The third kappa shape index (κ3) is 4.87. The lowest BCUT2D eigenvalue weighted by molar-refractivity contribution is -0.149. The summed E-state index contributed by atoms with van der Waals surface area (Å²) in [5.41, 5.74) is 3.59. The number of nitrogens with zero attached hydrogens (tertiary/aromatic N) is 2. The number of aliphatic carboxylic acids is 1. The summed E-state index contributed by atoms with van der Waals surface area (Å²) in [6.45, 7) is 10.4. The van der Waals surface area contributed by atoms with E-state index in [-0.39, 0.29) is 23.3 Å². The van der Waals surface area contributed by atoms with E-state index in [1.165, 1.54) is 12.1 Å². The Morgan fingerprint density at radius 2 is 1.86 bits per heavy atom. The van der Waals surface area contributed by atoms with Gasteiger partial charge in [0, 0.05) is 6.61 Å². The molecule has 0 amide bonds. The number of allylic oxidation sites excluding steroid dienone is 1. The molecule has 1 aliphatic carbocycles. The Kier molecular flexibility index (Phi) is 7.19. The maximum absolute atomic E-state index is 13.6. The van der Waals surface area contributed by atoms with Gasteiger partial charge in [0.05, 0.1) is 29.1 Å². The van der Waals surface area contributed by atoms with Gasteiger partial charge in [-0.15, -0.1) is 0 Å². The van der Waals surface area contributed by atoms with Crippen LogP contribution >= 0.6 is 0 Å². The summed E-state index contributed by atoms with van der Waals surface area (Å²) in [4.78, 5) is 12.3. The molecule has 3 atom stereocenters. The summed E-state index contributed by atoms with van der Waals surface area (Å²) in [6.07, 6.45) is 5.26. The van der Waals surface area contributed by atoms with Crippen LogP contribution < -0.4 is 0 Å². The van der Waals surface area contributed by atoms with Crippen molar-refractivity contribution in [1.29, 1.82) is 0 Å². The number of halogens is 1. The Bertz CT molecular complexity index is 1250. The second kappa shape index (κ2) is 10.0. The van der Waals surface area contributed by atoms with E-state index in [4.69, 9.17) is 4.74 Å². The summed E-state index contributed by atoms with van der Waals surface area (Å²) < 4.78 is 21.6. The van der Waals surface area contributed by atoms with Gasteiger partial charge in [0.1, 0.15) is 5.82 Å². The Balaban J connectivity index is 1.82. The van der Waals surface area contributed by atoms with Gasteiger partial charge in [-0.05, 0) is 86.4 Å². The molecule has 0 fully saturated rings. The molecule has 1 heterocycles. The van der Waals surface area contributed by atoms with Crippen LogP contribution in [0.1, 0.15) is 64.0 Å². The Morgan fingerprint density at radius 1 is 1.19 bits per heavy atom. The number of hydrogen-bond donors (Lipinski definition) is 1. The topological polar surface area (TPSA) is 64.4 Å². The van der Waals surface area contributed by atoms with Crippen LogP contribution in [0.25, 0.3) is 11.8 Å². The van der Waals surface area contributed by atoms with E-state index in [0.717, 1.165) is 28.1 Å². The normalized spacial score (nSPS) is 19.3. The van der Waals surface area contributed by atoms with Gasteiger partial charge in [0.25, 0.3) is 0 Å². The summed E-state index contributed by atoms with van der Waals surface area (Å²) in [5.74, 6) is -1.38. The third-order valence-corrected chi connectivity index (χ3v) is 7.80. The number of fused-ring (bicyclic) bond motifs is 1. The minimum absolute atomic E-state index is 0.126. The minimum Gasteiger partial charge on any atom is -0.481 e. The van der Waals surface area contributed by atoms with Crippen LogP contribution in [0, 0.1) is 22.6 Å². The molecule has 2 unspecified atom stereocenters. The molecule has 190 valence electrons. The SMILES string of the molecule is CCOC(C[C@@]1(C)Cc2cnn(-c3ccc(F)cc3)c2C=C1C(C)C(C)(C)C(=O)O)c1ccccc1. The van der Waals surface area contributed by atoms with Crippen LogP contribution in [-0.2, 0) is 16.0 Å². The highest BCUT2D eigenvalue weighted by Crippen LogP contribution is 2.51. The van der Waals surface area contributed by atoms with Gasteiger partial charge in [0.15, 0.2) is 0 Å². The van der Waals surface area contributed by atoms with Gasteiger partial charge in [0.2, 0.25) is 0 Å². The summed E-state index contributed by atoms with van der Waals surface area (Å²) >= 11 is 0. The molecule has 5 nitrogen and oxygen atoms in total. The molecule has 0 spiro atoms. The van der Waals surface area contributed by atoms with Crippen molar-refractivity contribution in [2.75, 3.05) is 6.61 Å². The zero-order valence-corrected chi connectivity index (χ0v) is 21.7. The van der Waals surface area contributed by atoms with Crippen molar-refractivity contribution in [2.24, 2.45) is 16.7 Å². The molecule has 1 aromatic heterocycles. The predicted octanol–water partition coefficient (Wildman–Crippen LogP) is 6.87. The smallest absolute Gasteiger partial charge is 0.309 e. The van der Waals surface area contributed by atoms with Crippen LogP contribution in [-0.4, -0.2) is 27.5 Å². The minimum atomic E-state index is -0.973. The lowest BCUT2D eigenvalue weighted by Gasteiger charge is -2.44. The highest BCUT2D eigenvalue weighted by molar-refractivity contribution is 5.75. The molecular weight excluding hydrogens is 455 g/mol. The van der Waals surface area contributed by atoms with Crippen molar-refractivity contribution in [2.45, 2.75) is 53.6 Å². The van der Waals surface area contributed by atoms with Gasteiger partial charge in [-0.2, -0.15) is 5.10 Å². The largest absolute Gasteiger partial charge is 0.481 e. The molecule has 4 rings (SSSR count). The number of aromatic nitrogens is 2. The van der Waals surface area contributed by atoms with Crippen LogP contribution in [0.4, 0.5) is 4.39 Å². The molecule has 2 aromatic carbocycles. The van der Waals surface area contributed by atoms with E-state index in [0.29, 0.717) is 19.4 Å². The van der Waals surface area contributed by atoms with E-state index in [2.05, 4.69) is 30.2 Å². The number of hydrogen-bond acceptors (Lipinski definition) is 3. The molecule has 0 saturated carbocycles. The maximum atomic E-state index is 13.6. The molecular formula is C30H35FN2O3. The number of carboxylic acid groups (broad SMARTS) is 1. The third-order valence-electron chi connectivity index (χ3n) is 7.80. The molecule has 0 saturated heterocycles. The van der Waals surface area contributed by atoms with Gasteiger partial charge in [-0.25, -0.2) is 9.07 Å². The summed E-state index contributed by atoms with van der Waals surface area (Å²) in [7, 11) is 0. The first-order chi connectivity index (χ1) is 17.1.